The fourth-order valence-electron chi connectivity index (χ4n) is 1.22. The number of benzene rings is 1. The van der Waals surface area contributed by atoms with Crippen molar-refractivity contribution in [2.75, 3.05) is 6.54 Å². The van der Waals surface area contributed by atoms with E-state index in [1.54, 1.807) is 0 Å². The average Bonchev–Trinajstić information content (AvgIpc) is 2.21. The zero-order valence-corrected chi connectivity index (χ0v) is 8.60. The van der Waals surface area contributed by atoms with Crippen molar-refractivity contribution in [2.45, 2.75) is 6.92 Å². The number of rotatable bonds is 1. The van der Waals surface area contributed by atoms with Gasteiger partial charge in [0.15, 0.2) is 0 Å². The molecule has 14 heavy (non-hydrogen) atoms. The summed E-state index contributed by atoms with van der Waals surface area (Å²) in [5.74, 6) is 0. The van der Waals surface area contributed by atoms with E-state index in [9.17, 15) is 0 Å². The Morgan fingerprint density at radius 2 is 2.07 bits per heavy atom. The predicted octanol–water partition coefficient (Wildman–Crippen LogP) is 1.60. The summed E-state index contributed by atoms with van der Waals surface area (Å²) in [5, 5.41) is 7.18. The normalized spacial score (nSPS) is 15.5. The summed E-state index contributed by atoms with van der Waals surface area (Å²) in [7, 11) is 0. The average molecular weight is 206 g/mol. The van der Waals surface area contributed by atoms with Crippen LogP contribution in [0, 0.1) is 6.92 Å². The molecule has 0 unspecified atom stereocenters. The van der Waals surface area contributed by atoms with Crippen LogP contribution in [0.5, 0.6) is 0 Å². The minimum Gasteiger partial charge on any atom is -0.339 e. The Balaban J connectivity index is 2.23. The molecule has 0 bridgehead atoms. The third-order valence-electron chi connectivity index (χ3n) is 2.02. The number of hydrogen-bond acceptors (Lipinski definition) is 3. The molecule has 0 radical (unpaired) electrons. The van der Waals surface area contributed by atoms with Gasteiger partial charge in [-0.3, -0.25) is 0 Å². The summed E-state index contributed by atoms with van der Waals surface area (Å²) in [4.78, 5) is 4.88. The lowest BCUT2D eigenvalue weighted by Gasteiger charge is -2.13. The van der Waals surface area contributed by atoms with E-state index < -0.39 is 0 Å². The van der Waals surface area contributed by atoms with Crippen LogP contribution < -0.4 is 5.32 Å². The second-order valence-corrected chi connectivity index (χ2v) is 3.51. The van der Waals surface area contributed by atoms with Crippen LogP contribution in [0.25, 0.3) is 0 Å². The Labute approximate surface area is 87.8 Å². The molecule has 1 aliphatic heterocycles. The summed E-state index contributed by atoms with van der Waals surface area (Å²) in [5.41, 5.74) is 3.17. The molecule has 72 valence electrons. The van der Waals surface area contributed by atoms with E-state index in [1.165, 1.54) is 5.56 Å². The minimum atomic E-state index is 0.334. The molecule has 0 aliphatic carbocycles. The lowest BCUT2D eigenvalue weighted by molar-refractivity contribution is 0.312. The molecule has 1 heterocycles. The van der Waals surface area contributed by atoms with Gasteiger partial charge in [-0.15, -0.1) is 0 Å². The maximum atomic E-state index is 4.88. The zero-order valence-electron chi connectivity index (χ0n) is 7.78. The third kappa shape index (κ3) is 1.90. The van der Waals surface area contributed by atoms with Crippen molar-refractivity contribution in [1.29, 1.82) is 0 Å². The molecule has 3 nitrogen and oxygen atoms in total. The Morgan fingerprint density at radius 1 is 1.36 bits per heavy atom. The van der Waals surface area contributed by atoms with E-state index >= 15 is 0 Å². The molecule has 0 atom stereocenters. The summed E-state index contributed by atoms with van der Waals surface area (Å²) in [6.07, 6.45) is 0. The van der Waals surface area contributed by atoms with Gasteiger partial charge in [0.2, 0.25) is 0 Å². The molecular formula is C10H10N2OS. The standard InChI is InChI=1S/C10H10N2OS/c1-7-2-4-8(5-3-7)9-6-11-10(14)13-12-9/h2-5H,6H2,1H3,(H,11,14). The first-order valence-electron chi connectivity index (χ1n) is 4.34. The molecule has 1 aliphatic rings. The van der Waals surface area contributed by atoms with Gasteiger partial charge in [-0.1, -0.05) is 35.0 Å². The van der Waals surface area contributed by atoms with E-state index in [4.69, 9.17) is 17.1 Å². The summed E-state index contributed by atoms with van der Waals surface area (Å²) < 4.78 is 0. The van der Waals surface area contributed by atoms with Crippen molar-refractivity contribution in [3.8, 4) is 0 Å². The molecule has 1 aromatic carbocycles. The van der Waals surface area contributed by atoms with Gasteiger partial charge < -0.3 is 10.2 Å². The fourth-order valence-corrected chi connectivity index (χ4v) is 1.33. The van der Waals surface area contributed by atoms with E-state index in [1.807, 2.05) is 24.3 Å². The van der Waals surface area contributed by atoms with Crippen molar-refractivity contribution < 1.29 is 4.84 Å². The van der Waals surface area contributed by atoms with Crippen LogP contribution in [0.2, 0.25) is 0 Å². The van der Waals surface area contributed by atoms with Crippen molar-refractivity contribution in [3.05, 3.63) is 35.4 Å². The first-order valence-corrected chi connectivity index (χ1v) is 4.75. The largest absolute Gasteiger partial charge is 0.339 e. The second kappa shape index (κ2) is 3.75. The maximum Gasteiger partial charge on any atom is 0.289 e. The Kier molecular flexibility index (Phi) is 2.45. The Bertz CT molecular complexity index is 384. The number of nitrogens with one attached hydrogen (secondary N) is 1. The number of nitrogens with zero attached hydrogens (tertiary/aromatic N) is 1. The number of oxime groups is 1. The lowest BCUT2D eigenvalue weighted by Crippen LogP contribution is -2.34. The number of hydrogen-bond donors (Lipinski definition) is 1. The van der Waals surface area contributed by atoms with Crippen LogP contribution in [-0.4, -0.2) is 17.4 Å². The van der Waals surface area contributed by atoms with Crippen LogP contribution >= 0.6 is 12.2 Å². The molecule has 0 fully saturated rings. The summed E-state index contributed by atoms with van der Waals surface area (Å²) in [6, 6.07) is 8.14. The van der Waals surface area contributed by atoms with Crippen LogP contribution in [0.15, 0.2) is 29.4 Å². The van der Waals surface area contributed by atoms with Crippen molar-refractivity contribution in [3.63, 3.8) is 0 Å². The molecule has 0 saturated carbocycles. The molecule has 1 aromatic rings. The molecule has 2 rings (SSSR count). The highest BCUT2D eigenvalue weighted by Gasteiger charge is 2.11. The first-order chi connectivity index (χ1) is 6.75. The van der Waals surface area contributed by atoms with Crippen LogP contribution in [0.3, 0.4) is 0 Å². The van der Waals surface area contributed by atoms with Crippen molar-refractivity contribution in [1.82, 2.24) is 5.32 Å². The Morgan fingerprint density at radius 3 is 2.64 bits per heavy atom. The van der Waals surface area contributed by atoms with Gasteiger partial charge in [0.05, 0.1) is 6.54 Å². The van der Waals surface area contributed by atoms with Crippen LogP contribution in [0.4, 0.5) is 0 Å². The molecule has 0 amide bonds. The summed E-state index contributed by atoms with van der Waals surface area (Å²) in [6.45, 7) is 2.68. The van der Waals surface area contributed by atoms with Crippen LogP contribution in [0.1, 0.15) is 11.1 Å². The smallest absolute Gasteiger partial charge is 0.289 e. The maximum absolute atomic E-state index is 4.88. The topological polar surface area (TPSA) is 33.6 Å². The quantitative estimate of drug-likeness (QED) is 0.709. The molecule has 0 aromatic heterocycles. The highest BCUT2D eigenvalue weighted by atomic mass is 32.1. The van der Waals surface area contributed by atoms with Gasteiger partial charge in [-0.05, 0) is 19.1 Å². The van der Waals surface area contributed by atoms with E-state index in [0.29, 0.717) is 11.7 Å². The molecular weight excluding hydrogens is 196 g/mol. The van der Waals surface area contributed by atoms with E-state index in [-0.39, 0.29) is 0 Å². The second-order valence-electron chi connectivity index (χ2n) is 3.14. The number of aryl methyl sites for hydroxylation is 1. The van der Waals surface area contributed by atoms with Crippen LogP contribution in [-0.2, 0) is 4.84 Å². The monoisotopic (exact) mass is 206 g/mol. The summed E-state index contributed by atoms with van der Waals surface area (Å²) >= 11 is 4.79. The highest BCUT2D eigenvalue weighted by Crippen LogP contribution is 2.06. The zero-order chi connectivity index (χ0) is 9.97. The van der Waals surface area contributed by atoms with E-state index in [0.717, 1.165) is 11.3 Å². The van der Waals surface area contributed by atoms with Crippen molar-refractivity contribution >= 4 is 23.1 Å². The SMILES string of the molecule is Cc1ccc(C2=NOC(=S)NC2)cc1. The molecule has 0 spiro atoms. The van der Waals surface area contributed by atoms with Gasteiger partial charge in [-0.2, -0.15) is 0 Å². The molecule has 4 heteroatoms. The predicted molar refractivity (Wildman–Crippen MR) is 59.4 cm³/mol. The highest BCUT2D eigenvalue weighted by molar-refractivity contribution is 7.80. The first kappa shape index (κ1) is 9.15. The van der Waals surface area contributed by atoms with Gasteiger partial charge in [0.1, 0.15) is 5.71 Å². The molecule has 1 N–H and O–H groups in total. The lowest BCUT2D eigenvalue weighted by atomic mass is 10.1. The minimum absolute atomic E-state index is 0.334. The fraction of sp³-hybridized carbons (Fsp3) is 0.200. The van der Waals surface area contributed by atoms with Gasteiger partial charge in [0.25, 0.3) is 5.17 Å². The van der Waals surface area contributed by atoms with Gasteiger partial charge in [-0.25, -0.2) is 0 Å². The van der Waals surface area contributed by atoms with Crippen molar-refractivity contribution in [2.24, 2.45) is 5.16 Å². The third-order valence-corrected chi connectivity index (χ3v) is 2.24. The molecule has 0 saturated heterocycles. The number of thiocarbonyl (C=S) groups is 1. The van der Waals surface area contributed by atoms with Gasteiger partial charge >= 0.3 is 0 Å². The Hall–Kier alpha value is -1.42. The van der Waals surface area contributed by atoms with E-state index in [2.05, 4.69) is 17.4 Å². The van der Waals surface area contributed by atoms with Gasteiger partial charge in [0, 0.05) is 5.56 Å².